The first kappa shape index (κ1) is 7.12. The monoisotopic (exact) mass is 141 g/mol. The molecule has 0 radical (unpaired) electrons. The van der Waals surface area contributed by atoms with Crippen molar-refractivity contribution in [3.8, 4) is 0 Å². The molecule has 1 aliphatic carbocycles. The van der Waals surface area contributed by atoms with E-state index in [4.69, 9.17) is 9.94 Å². The van der Waals surface area contributed by atoms with E-state index in [1.54, 1.807) is 13.2 Å². The molecule has 0 bridgehead atoms. The maximum absolute atomic E-state index is 8.39. The van der Waals surface area contributed by atoms with E-state index in [0.717, 1.165) is 25.0 Å². The van der Waals surface area contributed by atoms with Crippen LogP contribution in [0.15, 0.2) is 17.0 Å². The van der Waals surface area contributed by atoms with Gasteiger partial charge in [0.2, 0.25) is 0 Å². The lowest BCUT2D eigenvalue weighted by molar-refractivity contribution is 0.272. The lowest BCUT2D eigenvalue weighted by atomic mass is 10.0. The van der Waals surface area contributed by atoms with Gasteiger partial charge in [0.25, 0.3) is 0 Å². The van der Waals surface area contributed by atoms with Crippen LogP contribution in [0.25, 0.3) is 0 Å². The molecule has 0 atom stereocenters. The van der Waals surface area contributed by atoms with Crippen molar-refractivity contribution in [1.29, 1.82) is 0 Å². The minimum atomic E-state index is 0.711. The fourth-order valence-corrected chi connectivity index (χ4v) is 1.01. The Morgan fingerprint density at radius 1 is 1.60 bits per heavy atom. The van der Waals surface area contributed by atoms with E-state index in [-0.39, 0.29) is 0 Å². The van der Waals surface area contributed by atoms with Crippen molar-refractivity contribution in [2.75, 3.05) is 7.11 Å². The van der Waals surface area contributed by atoms with Crippen LogP contribution in [-0.4, -0.2) is 18.0 Å². The van der Waals surface area contributed by atoms with Gasteiger partial charge in [-0.05, 0) is 12.8 Å². The van der Waals surface area contributed by atoms with Crippen molar-refractivity contribution < 1.29 is 9.94 Å². The first-order valence-corrected chi connectivity index (χ1v) is 3.32. The summed E-state index contributed by atoms with van der Waals surface area (Å²) in [6.07, 6.45) is 4.60. The zero-order valence-electron chi connectivity index (χ0n) is 6.00. The smallest absolute Gasteiger partial charge is 0.0974 e. The van der Waals surface area contributed by atoms with Crippen LogP contribution in [0.3, 0.4) is 0 Å². The van der Waals surface area contributed by atoms with Crippen LogP contribution < -0.4 is 0 Å². The summed E-state index contributed by atoms with van der Waals surface area (Å²) in [6, 6.07) is 0. The number of rotatable bonds is 1. The molecule has 1 N–H and O–H groups in total. The van der Waals surface area contributed by atoms with Gasteiger partial charge in [0.05, 0.1) is 18.6 Å². The maximum atomic E-state index is 8.39. The Balaban J connectivity index is 2.66. The van der Waals surface area contributed by atoms with Crippen molar-refractivity contribution in [1.82, 2.24) is 0 Å². The predicted octanol–water partition coefficient (Wildman–Crippen LogP) is 1.53. The molecule has 0 spiro atoms. The van der Waals surface area contributed by atoms with Gasteiger partial charge in [0, 0.05) is 12.5 Å². The quantitative estimate of drug-likeness (QED) is 0.444. The number of hydrogen-bond acceptors (Lipinski definition) is 3. The summed E-state index contributed by atoms with van der Waals surface area (Å²) in [7, 11) is 1.63. The van der Waals surface area contributed by atoms with Crippen molar-refractivity contribution in [2.24, 2.45) is 5.16 Å². The molecule has 0 unspecified atom stereocenters. The number of oxime groups is 1. The molecule has 1 rings (SSSR count). The molecular formula is C7H11NO2. The Labute approximate surface area is 60.0 Å². The Morgan fingerprint density at radius 2 is 2.40 bits per heavy atom. The summed E-state index contributed by atoms with van der Waals surface area (Å²) in [5, 5.41) is 11.5. The Kier molecular flexibility index (Phi) is 2.31. The molecule has 0 saturated carbocycles. The van der Waals surface area contributed by atoms with Crippen molar-refractivity contribution in [3.05, 3.63) is 11.8 Å². The third kappa shape index (κ3) is 1.50. The van der Waals surface area contributed by atoms with E-state index in [9.17, 15) is 0 Å². The zero-order chi connectivity index (χ0) is 7.40. The second kappa shape index (κ2) is 3.25. The molecule has 3 heteroatoms. The average molecular weight is 141 g/mol. The van der Waals surface area contributed by atoms with E-state index in [2.05, 4.69) is 5.16 Å². The van der Waals surface area contributed by atoms with Gasteiger partial charge in [-0.2, -0.15) is 0 Å². The van der Waals surface area contributed by atoms with Gasteiger partial charge < -0.3 is 9.94 Å². The molecule has 0 fully saturated rings. The van der Waals surface area contributed by atoms with Gasteiger partial charge in [-0.15, -0.1) is 0 Å². The maximum Gasteiger partial charge on any atom is 0.0974 e. The molecule has 56 valence electrons. The highest BCUT2D eigenvalue weighted by molar-refractivity contribution is 5.95. The molecule has 0 aliphatic heterocycles. The molecule has 0 aromatic rings. The van der Waals surface area contributed by atoms with Gasteiger partial charge in [0.15, 0.2) is 0 Å². The van der Waals surface area contributed by atoms with Crippen LogP contribution in [0.2, 0.25) is 0 Å². The van der Waals surface area contributed by atoms with E-state index in [0.29, 0.717) is 5.71 Å². The fraction of sp³-hybridized carbons (Fsp3) is 0.571. The summed E-state index contributed by atoms with van der Waals surface area (Å²) in [4.78, 5) is 0. The summed E-state index contributed by atoms with van der Waals surface area (Å²) >= 11 is 0. The zero-order valence-corrected chi connectivity index (χ0v) is 6.00. The van der Waals surface area contributed by atoms with Crippen LogP contribution in [0, 0.1) is 0 Å². The average Bonchev–Trinajstić information content (AvgIpc) is 2.05. The van der Waals surface area contributed by atoms with E-state index in [1.807, 2.05) is 0 Å². The third-order valence-electron chi connectivity index (χ3n) is 1.57. The topological polar surface area (TPSA) is 41.8 Å². The van der Waals surface area contributed by atoms with Crippen LogP contribution in [-0.2, 0) is 4.74 Å². The van der Waals surface area contributed by atoms with Crippen molar-refractivity contribution in [2.45, 2.75) is 19.3 Å². The van der Waals surface area contributed by atoms with Crippen LogP contribution >= 0.6 is 0 Å². The van der Waals surface area contributed by atoms with Crippen LogP contribution in [0.1, 0.15) is 19.3 Å². The number of ether oxygens (including phenoxy) is 1. The minimum absolute atomic E-state index is 0.711. The Bertz CT molecular complexity index is 172. The van der Waals surface area contributed by atoms with Gasteiger partial charge in [0.1, 0.15) is 0 Å². The number of hydrogen-bond donors (Lipinski definition) is 1. The van der Waals surface area contributed by atoms with Crippen LogP contribution in [0.4, 0.5) is 0 Å². The highest BCUT2D eigenvalue weighted by Crippen LogP contribution is 2.15. The fourth-order valence-electron chi connectivity index (χ4n) is 1.01. The summed E-state index contributed by atoms with van der Waals surface area (Å²) in [6.45, 7) is 0. The van der Waals surface area contributed by atoms with Crippen molar-refractivity contribution in [3.63, 3.8) is 0 Å². The Morgan fingerprint density at radius 3 is 3.00 bits per heavy atom. The van der Waals surface area contributed by atoms with Crippen LogP contribution in [0.5, 0.6) is 0 Å². The SMILES string of the molecule is COC1=CC(=NO)CCC1. The largest absolute Gasteiger partial charge is 0.501 e. The highest BCUT2D eigenvalue weighted by atomic mass is 16.5. The molecule has 10 heavy (non-hydrogen) atoms. The predicted molar refractivity (Wildman–Crippen MR) is 38.2 cm³/mol. The minimum Gasteiger partial charge on any atom is -0.501 e. The number of allylic oxidation sites excluding steroid dienone is 2. The molecule has 1 aliphatic rings. The second-order valence-electron chi connectivity index (χ2n) is 2.26. The highest BCUT2D eigenvalue weighted by Gasteiger charge is 2.07. The molecule has 3 nitrogen and oxygen atoms in total. The first-order valence-electron chi connectivity index (χ1n) is 3.32. The summed E-state index contributed by atoms with van der Waals surface area (Å²) in [5.41, 5.74) is 0.711. The van der Waals surface area contributed by atoms with Gasteiger partial charge in [-0.3, -0.25) is 0 Å². The molecule has 0 amide bonds. The first-order chi connectivity index (χ1) is 4.86. The van der Waals surface area contributed by atoms with Gasteiger partial charge in [-0.1, -0.05) is 5.16 Å². The lowest BCUT2D eigenvalue weighted by Gasteiger charge is -2.11. The van der Waals surface area contributed by atoms with E-state index in [1.165, 1.54) is 0 Å². The molecule has 0 heterocycles. The van der Waals surface area contributed by atoms with Gasteiger partial charge in [-0.25, -0.2) is 0 Å². The lowest BCUT2D eigenvalue weighted by Crippen LogP contribution is -2.04. The number of methoxy groups -OCH3 is 1. The van der Waals surface area contributed by atoms with Gasteiger partial charge >= 0.3 is 0 Å². The summed E-state index contributed by atoms with van der Waals surface area (Å²) in [5.74, 6) is 0.902. The van der Waals surface area contributed by atoms with E-state index >= 15 is 0 Å². The second-order valence-corrected chi connectivity index (χ2v) is 2.26. The Hall–Kier alpha value is -0.990. The molecule has 0 saturated heterocycles. The molecule has 0 aromatic heterocycles. The molecule has 0 aromatic carbocycles. The number of nitrogens with zero attached hydrogens (tertiary/aromatic N) is 1. The van der Waals surface area contributed by atoms with E-state index < -0.39 is 0 Å². The van der Waals surface area contributed by atoms with Crippen molar-refractivity contribution >= 4 is 5.71 Å². The third-order valence-corrected chi connectivity index (χ3v) is 1.57. The summed E-state index contributed by atoms with van der Waals surface area (Å²) < 4.78 is 4.99. The standard InChI is InChI=1S/C7H11NO2/c1-10-7-4-2-3-6(5-7)8-9/h5,9H,2-4H2,1H3. The normalized spacial score (nSPS) is 22.5. The molecular weight excluding hydrogens is 130 g/mol.